The summed E-state index contributed by atoms with van der Waals surface area (Å²) in [6, 6.07) is 8.59. The van der Waals surface area contributed by atoms with Crippen LogP contribution in [0.2, 0.25) is 0 Å². The van der Waals surface area contributed by atoms with E-state index in [9.17, 15) is 0 Å². The van der Waals surface area contributed by atoms with Crippen molar-refractivity contribution in [3.05, 3.63) is 41.5 Å². The molecule has 1 aromatic carbocycles. The minimum Gasteiger partial charge on any atom is -0.385 e. The number of rotatable bonds is 2. The summed E-state index contributed by atoms with van der Waals surface area (Å²) in [7, 11) is 2.05. The Kier molecular flexibility index (Phi) is 3.17. The van der Waals surface area contributed by atoms with Crippen molar-refractivity contribution in [1.29, 1.82) is 0 Å². The highest BCUT2D eigenvalue weighted by molar-refractivity contribution is 5.56. The Hall–Kier alpha value is -1.84. The Balaban J connectivity index is 1.71. The van der Waals surface area contributed by atoms with E-state index in [0.717, 1.165) is 24.6 Å². The van der Waals surface area contributed by atoms with Crippen LogP contribution in [-0.2, 0) is 7.05 Å². The van der Waals surface area contributed by atoms with Gasteiger partial charge in [0.2, 0.25) is 0 Å². The summed E-state index contributed by atoms with van der Waals surface area (Å²) in [4.78, 5) is 4.94. The second-order valence-corrected chi connectivity index (χ2v) is 6.29. The zero-order valence-corrected chi connectivity index (χ0v) is 12.5. The van der Waals surface area contributed by atoms with E-state index in [1.54, 1.807) is 0 Å². The van der Waals surface area contributed by atoms with Crippen molar-refractivity contribution in [3.63, 3.8) is 0 Å². The molecule has 2 aliphatic rings. The highest BCUT2D eigenvalue weighted by Gasteiger charge is 2.28. The van der Waals surface area contributed by atoms with E-state index in [1.807, 2.05) is 11.7 Å². The van der Waals surface area contributed by atoms with Crippen LogP contribution in [0.5, 0.6) is 0 Å². The van der Waals surface area contributed by atoms with Crippen molar-refractivity contribution in [2.75, 3.05) is 11.9 Å². The van der Waals surface area contributed by atoms with Crippen LogP contribution >= 0.6 is 0 Å². The number of aromatic nitrogens is 3. The maximum atomic E-state index is 4.94. The molecule has 4 rings (SSSR count). The summed E-state index contributed by atoms with van der Waals surface area (Å²) in [6.07, 6.45) is 6.26. The third kappa shape index (κ3) is 2.23. The van der Waals surface area contributed by atoms with Gasteiger partial charge in [0.25, 0.3) is 0 Å². The molecule has 1 saturated carbocycles. The maximum absolute atomic E-state index is 4.94. The van der Waals surface area contributed by atoms with Crippen molar-refractivity contribution in [1.82, 2.24) is 14.8 Å². The smallest absolute Gasteiger partial charge is 0.154 e. The topological polar surface area (TPSA) is 42.7 Å². The molecule has 0 bridgehead atoms. The van der Waals surface area contributed by atoms with Crippen molar-refractivity contribution < 1.29 is 0 Å². The molecule has 0 radical (unpaired) electrons. The fourth-order valence-corrected chi connectivity index (χ4v) is 3.81. The standard InChI is InChI=1S/C17H22N4/c1-21-17(19-16(20-21)12-6-2-3-7-12)14-10-11-18-15-9-5-4-8-13(14)15/h4-5,8-9,12,14,18H,2-3,6-7,10-11H2,1H3. The van der Waals surface area contributed by atoms with Crippen molar-refractivity contribution in [2.24, 2.45) is 7.05 Å². The Labute approximate surface area is 125 Å². The SMILES string of the molecule is Cn1nc(C2CCCC2)nc1C1CCNc2ccccc21. The first-order chi connectivity index (χ1) is 10.3. The van der Waals surface area contributed by atoms with E-state index >= 15 is 0 Å². The Morgan fingerprint density at radius 1 is 1.14 bits per heavy atom. The molecule has 0 amide bonds. The van der Waals surface area contributed by atoms with E-state index in [-0.39, 0.29) is 0 Å². The zero-order chi connectivity index (χ0) is 14.2. The molecular formula is C17H22N4. The molecule has 1 fully saturated rings. The summed E-state index contributed by atoms with van der Waals surface area (Å²) < 4.78 is 2.01. The fourth-order valence-electron chi connectivity index (χ4n) is 3.81. The van der Waals surface area contributed by atoms with Gasteiger partial charge in [0.15, 0.2) is 5.82 Å². The van der Waals surface area contributed by atoms with Gasteiger partial charge in [-0.25, -0.2) is 4.98 Å². The minimum absolute atomic E-state index is 0.370. The normalized spacial score (nSPS) is 22.0. The Bertz CT molecular complexity index is 640. The van der Waals surface area contributed by atoms with Crippen LogP contribution in [0.15, 0.2) is 24.3 Å². The lowest BCUT2D eigenvalue weighted by Crippen LogP contribution is -2.20. The lowest BCUT2D eigenvalue weighted by molar-refractivity contribution is 0.608. The number of nitrogens with zero attached hydrogens (tertiary/aromatic N) is 3. The van der Waals surface area contributed by atoms with Gasteiger partial charge >= 0.3 is 0 Å². The van der Waals surface area contributed by atoms with Gasteiger partial charge < -0.3 is 5.32 Å². The predicted molar refractivity (Wildman–Crippen MR) is 83.6 cm³/mol. The van der Waals surface area contributed by atoms with Crippen LogP contribution in [0.25, 0.3) is 0 Å². The average Bonchev–Trinajstić information content (AvgIpc) is 3.16. The molecule has 0 saturated heterocycles. The van der Waals surface area contributed by atoms with Crippen LogP contribution in [0, 0.1) is 0 Å². The third-order valence-electron chi connectivity index (χ3n) is 4.93. The second-order valence-electron chi connectivity index (χ2n) is 6.29. The van der Waals surface area contributed by atoms with Gasteiger partial charge in [-0.15, -0.1) is 0 Å². The number of aryl methyl sites for hydroxylation is 1. The van der Waals surface area contributed by atoms with Gasteiger partial charge in [-0.3, -0.25) is 4.68 Å². The molecule has 1 atom stereocenters. The summed E-state index contributed by atoms with van der Waals surface area (Å²) in [5.41, 5.74) is 2.61. The number of nitrogens with one attached hydrogen (secondary N) is 1. The summed E-state index contributed by atoms with van der Waals surface area (Å²) in [5.74, 6) is 3.16. The first kappa shape index (κ1) is 12.9. The molecule has 2 heterocycles. The van der Waals surface area contributed by atoms with Crippen molar-refractivity contribution in [2.45, 2.75) is 43.9 Å². The molecular weight excluding hydrogens is 260 g/mol. The van der Waals surface area contributed by atoms with E-state index in [4.69, 9.17) is 10.1 Å². The molecule has 1 aromatic heterocycles. The average molecular weight is 282 g/mol. The van der Waals surface area contributed by atoms with Crippen LogP contribution < -0.4 is 5.32 Å². The lowest BCUT2D eigenvalue weighted by Gasteiger charge is -2.25. The first-order valence-electron chi connectivity index (χ1n) is 8.06. The van der Waals surface area contributed by atoms with Crippen LogP contribution in [-0.4, -0.2) is 21.3 Å². The predicted octanol–water partition coefficient (Wildman–Crippen LogP) is 3.42. The van der Waals surface area contributed by atoms with E-state index in [1.165, 1.54) is 36.9 Å². The number of para-hydroxylation sites is 1. The van der Waals surface area contributed by atoms with Crippen molar-refractivity contribution in [3.8, 4) is 0 Å². The van der Waals surface area contributed by atoms with Crippen molar-refractivity contribution >= 4 is 5.69 Å². The molecule has 21 heavy (non-hydrogen) atoms. The monoisotopic (exact) mass is 282 g/mol. The van der Waals surface area contributed by atoms with Crippen LogP contribution in [0.4, 0.5) is 5.69 Å². The zero-order valence-electron chi connectivity index (χ0n) is 12.5. The highest BCUT2D eigenvalue weighted by atomic mass is 15.3. The lowest BCUT2D eigenvalue weighted by atomic mass is 9.90. The summed E-state index contributed by atoms with van der Waals surface area (Å²) in [5, 5.41) is 8.21. The number of fused-ring (bicyclic) bond motifs is 1. The second kappa shape index (κ2) is 5.17. The molecule has 1 unspecified atom stereocenters. The molecule has 110 valence electrons. The number of hydrogen-bond acceptors (Lipinski definition) is 3. The van der Waals surface area contributed by atoms with Gasteiger partial charge in [-0.05, 0) is 30.9 Å². The first-order valence-corrected chi connectivity index (χ1v) is 8.06. The Morgan fingerprint density at radius 3 is 2.81 bits per heavy atom. The van der Waals surface area contributed by atoms with Gasteiger partial charge in [0, 0.05) is 31.1 Å². The quantitative estimate of drug-likeness (QED) is 0.917. The van der Waals surface area contributed by atoms with E-state index in [2.05, 4.69) is 29.6 Å². The third-order valence-corrected chi connectivity index (χ3v) is 4.93. The number of benzene rings is 1. The summed E-state index contributed by atoms with van der Waals surface area (Å²) in [6.45, 7) is 1.01. The molecule has 1 N–H and O–H groups in total. The van der Waals surface area contributed by atoms with Crippen LogP contribution in [0.3, 0.4) is 0 Å². The number of anilines is 1. The minimum atomic E-state index is 0.370. The molecule has 2 aromatic rings. The van der Waals surface area contributed by atoms with Gasteiger partial charge in [-0.2, -0.15) is 5.10 Å². The summed E-state index contributed by atoms with van der Waals surface area (Å²) >= 11 is 0. The molecule has 4 heteroatoms. The van der Waals surface area contributed by atoms with Gasteiger partial charge in [0.05, 0.1) is 0 Å². The molecule has 0 spiro atoms. The van der Waals surface area contributed by atoms with Gasteiger partial charge in [-0.1, -0.05) is 31.0 Å². The van der Waals surface area contributed by atoms with E-state index in [0.29, 0.717) is 11.8 Å². The molecule has 1 aliphatic heterocycles. The Morgan fingerprint density at radius 2 is 1.95 bits per heavy atom. The molecule has 4 nitrogen and oxygen atoms in total. The van der Waals surface area contributed by atoms with E-state index < -0.39 is 0 Å². The largest absolute Gasteiger partial charge is 0.385 e. The van der Waals surface area contributed by atoms with Crippen LogP contribution in [0.1, 0.15) is 61.2 Å². The molecule has 1 aliphatic carbocycles. The highest BCUT2D eigenvalue weighted by Crippen LogP contribution is 2.37. The number of hydrogen-bond donors (Lipinski definition) is 1. The van der Waals surface area contributed by atoms with Gasteiger partial charge in [0.1, 0.15) is 5.82 Å². The maximum Gasteiger partial charge on any atom is 0.154 e. The fraction of sp³-hybridized carbons (Fsp3) is 0.529.